The van der Waals surface area contributed by atoms with E-state index in [0.717, 1.165) is 23.6 Å². The number of allylic oxidation sites excluding steroid dienone is 1. The Morgan fingerprint density at radius 3 is 2.58 bits per heavy atom. The van der Waals surface area contributed by atoms with Crippen molar-refractivity contribution in [1.29, 1.82) is 0 Å². The SMILES string of the molecule is C=C(C)C(=O)C[C@@H]1NCCc2cc(O[Si](C)(C)C(C)(C)C)c(SC)cc21. The van der Waals surface area contributed by atoms with Crippen LogP contribution in [0.4, 0.5) is 0 Å². The van der Waals surface area contributed by atoms with Gasteiger partial charge in [-0.15, -0.1) is 11.8 Å². The summed E-state index contributed by atoms with van der Waals surface area (Å²) < 4.78 is 6.63. The molecule has 0 fully saturated rings. The zero-order valence-electron chi connectivity index (χ0n) is 17.3. The van der Waals surface area contributed by atoms with Gasteiger partial charge in [-0.25, -0.2) is 0 Å². The number of ketones is 1. The Balaban J connectivity index is 2.38. The third-order valence-corrected chi connectivity index (χ3v) is 10.7. The largest absolute Gasteiger partial charge is 0.543 e. The third kappa shape index (κ3) is 4.62. The lowest BCUT2D eigenvalue weighted by Gasteiger charge is -2.37. The van der Waals surface area contributed by atoms with Gasteiger partial charge < -0.3 is 9.74 Å². The van der Waals surface area contributed by atoms with E-state index in [9.17, 15) is 4.79 Å². The Morgan fingerprint density at radius 2 is 2.04 bits per heavy atom. The maximum atomic E-state index is 12.2. The van der Waals surface area contributed by atoms with E-state index in [0.29, 0.717) is 12.0 Å². The molecule has 1 aliphatic heterocycles. The molecule has 1 N–H and O–H groups in total. The minimum Gasteiger partial charge on any atom is -0.543 e. The van der Waals surface area contributed by atoms with E-state index in [2.05, 4.69) is 64.1 Å². The van der Waals surface area contributed by atoms with E-state index < -0.39 is 8.32 Å². The Bertz CT molecular complexity index is 707. The molecule has 1 atom stereocenters. The number of Topliss-reactive ketones (excluding diaryl/α,β-unsaturated/α-hetero) is 1. The van der Waals surface area contributed by atoms with Crippen molar-refractivity contribution in [3.8, 4) is 5.75 Å². The van der Waals surface area contributed by atoms with Crippen LogP contribution in [0.3, 0.4) is 0 Å². The first kappa shape index (κ1) is 21.3. The van der Waals surface area contributed by atoms with Gasteiger partial charge in [-0.2, -0.15) is 0 Å². The second-order valence-electron chi connectivity index (χ2n) is 8.73. The average Bonchev–Trinajstić information content (AvgIpc) is 2.52. The zero-order chi connectivity index (χ0) is 19.7. The van der Waals surface area contributed by atoms with Gasteiger partial charge in [0.25, 0.3) is 8.32 Å². The van der Waals surface area contributed by atoms with Crippen molar-refractivity contribution < 1.29 is 9.22 Å². The lowest BCUT2D eigenvalue weighted by molar-refractivity contribution is -0.116. The highest BCUT2D eigenvalue weighted by molar-refractivity contribution is 7.98. The van der Waals surface area contributed by atoms with Crippen LogP contribution in [0.1, 0.15) is 51.3 Å². The number of thioether (sulfide) groups is 1. The van der Waals surface area contributed by atoms with Crippen LogP contribution in [-0.4, -0.2) is 26.9 Å². The lowest BCUT2D eigenvalue weighted by atomic mass is 9.90. The van der Waals surface area contributed by atoms with Gasteiger partial charge in [0, 0.05) is 17.4 Å². The number of carbonyl (C=O) groups excluding carboxylic acids is 1. The van der Waals surface area contributed by atoms with Crippen LogP contribution in [0.25, 0.3) is 0 Å². The first-order chi connectivity index (χ1) is 12.0. The molecule has 1 aliphatic rings. The van der Waals surface area contributed by atoms with Gasteiger partial charge in [-0.1, -0.05) is 27.4 Å². The summed E-state index contributed by atoms with van der Waals surface area (Å²) in [5.74, 6) is 1.14. The van der Waals surface area contributed by atoms with E-state index in [1.165, 1.54) is 11.1 Å². The van der Waals surface area contributed by atoms with Crippen molar-refractivity contribution in [2.75, 3.05) is 12.8 Å². The minimum atomic E-state index is -1.89. The summed E-state index contributed by atoms with van der Waals surface area (Å²) in [7, 11) is -1.89. The van der Waals surface area contributed by atoms with Gasteiger partial charge in [-0.05, 0) is 73.1 Å². The molecule has 0 spiro atoms. The van der Waals surface area contributed by atoms with Crippen LogP contribution < -0.4 is 9.74 Å². The minimum absolute atomic E-state index is 0.0655. The molecule has 0 saturated carbocycles. The second-order valence-corrected chi connectivity index (χ2v) is 14.3. The van der Waals surface area contributed by atoms with Gasteiger partial charge >= 0.3 is 0 Å². The van der Waals surface area contributed by atoms with E-state index in [4.69, 9.17) is 4.43 Å². The van der Waals surface area contributed by atoms with Crippen LogP contribution in [-0.2, 0) is 11.2 Å². The highest BCUT2D eigenvalue weighted by Gasteiger charge is 2.39. The van der Waals surface area contributed by atoms with E-state index in [1.807, 2.05) is 0 Å². The first-order valence-electron chi connectivity index (χ1n) is 9.28. The van der Waals surface area contributed by atoms with Crippen molar-refractivity contribution >= 4 is 25.9 Å². The predicted molar refractivity (Wildman–Crippen MR) is 115 cm³/mol. The van der Waals surface area contributed by atoms with Crippen LogP contribution in [0, 0.1) is 0 Å². The quantitative estimate of drug-likeness (QED) is 0.394. The van der Waals surface area contributed by atoms with Gasteiger partial charge in [0.15, 0.2) is 5.78 Å². The number of hydrogen-bond acceptors (Lipinski definition) is 4. The normalized spacial score (nSPS) is 17.6. The van der Waals surface area contributed by atoms with Crippen molar-refractivity contribution in [1.82, 2.24) is 5.32 Å². The number of hydrogen-bond donors (Lipinski definition) is 1. The van der Waals surface area contributed by atoms with Crippen molar-refractivity contribution in [2.24, 2.45) is 0 Å². The summed E-state index contributed by atoms with van der Waals surface area (Å²) in [5, 5.41) is 3.66. The molecule has 26 heavy (non-hydrogen) atoms. The lowest BCUT2D eigenvalue weighted by Crippen LogP contribution is -2.44. The van der Waals surface area contributed by atoms with Crippen LogP contribution in [0.15, 0.2) is 29.2 Å². The van der Waals surface area contributed by atoms with Crippen molar-refractivity contribution in [3.63, 3.8) is 0 Å². The van der Waals surface area contributed by atoms with E-state index in [-0.39, 0.29) is 16.9 Å². The fraction of sp³-hybridized carbons (Fsp3) is 0.571. The van der Waals surface area contributed by atoms with Crippen LogP contribution >= 0.6 is 11.8 Å². The highest BCUT2D eigenvalue weighted by atomic mass is 32.2. The van der Waals surface area contributed by atoms with Gasteiger partial charge in [0.1, 0.15) is 5.75 Å². The molecule has 144 valence electrons. The zero-order valence-corrected chi connectivity index (χ0v) is 19.1. The first-order valence-corrected chi connectivity index (χ1v) is 13.4. The molecule has 1 aromatic carbocycles. The highest BCUT2D eigenvalue weighted by Crippen LogP contribution is 2.42. The number of carbonyl (C=O) groups is 1. The topological polar surface area (TPSA) is 38.3 Å². The smallest absolute Gasteiger partial charge is 0.250 e. The molecule has 3 nitrogen and oxygen atoms in total. The Morgan fingerprint density at radius 1 is 1.38 bits per heavy atom. The van der Waals surface area contributed by atoms with Crippen LogP contribution in [0.5, 0.6) is 5.75 Å². The van der Waals surface area contributed by atoms with Gasteiger partial charge in [0.2, 0.25) is 0 Å². The summed E-state index contributed by atoms with van der Waals surface area (Å²) in [5.41, 5.74) is 3.16. The number of fused-ring (bicyclic) bond motifs is 1. The molecule has 0 radical (unpaired) electrons. The second kappa shape index (κ2) is 7.91. The molecule has 1 heterocycles. The maximum Gasteiger partial charge on any atom is 0.250 e. The summed E-state index contributed by atoms with van der Waals surface area (Å²) in [6.45, 7) is 17.8. The number of rotatable bonds is 6. The summed E-state index contributed by atoms with van der Waals surface area (Å²) in [6, 6.07) is 4.52. The maximum absolute atomic E-state index is 12.2. The molecule has 2 rings (SSSR count). The van der Waals surface area contributed by atoms with Crippen molar-refractivity contribution in [2.45, 2.75) is 69.6 Å². The fourth-order valence-electron chi connectivity index (χ4n) is 2.86. The molecule has 0 aromatic heterocycles. The molecule has 0 unspecified atom stereocenters. The Hall–Kier alpha value is -1.04. The Labute approximate surface area is 164 Å². The number of benzene rings is 1. The van der Waals surface area contributed by atoms with E-state index >= 15 is 0 Å². The molecule has 0 aliphatic carbocycles. The predicted octanol–water partition coefficient (Wildman–Crippen LogP) is 5.51. The fourth-order valence-corrected chi connectivity index (χ4v) is 4.50. The van der Waals surface area contributed by atoms with E-state index in [1.54, 1.807) is 18.7 Å². The van der Waals surface area contributed by atoms with Crippen LogP contribution in [0.2, 0.25) is 18.1 Å². The molecular formula is C21H33NO2SSi. The Kier molecular flexibility index (Phi) is 6.47. The standard InChI is InChI=1S/C21H33NO2SSi/c1-14(2)18(23)13-17-16-12-20(25-6)19(11-15(16)9-10-22-17)24-26(7,8)21(3,4)5/h11-12,17,22H,1,9-10,13H2,2-8H3/t17-/m0/s1. The summed E-state index contributed by atoms with van der Waals surface area (Å²) >= 11 is 1.71. The molecule has 0 amide bonds. The molecule has 0 saturated heterocycles. The molecule has 0 bridgehead atoms. The van der Waals surface area contributed by atoms with Gasteiger partial charge in [-0.3, -0.25) is 4.79 Å². The molecular weight excluding hydrogens is 358 g/mol. The third-order valence-electron chi connectivity index (χ3n) is 5.62. The van der Waals surface area contributed by atoms with Crippen molar-refractivity contribution in [3.05, 3.63) is 35.4 Å². The summed E-state index contributed by atoms with van der Waals surface area (Å²) in [4.78, 5) is 13.3. The number of nitrogens with one attached hydrogen (secondary N) is 1. The monoisotopic (exact) mass is 391 g/mol. The summed E-state index contributed by atoms with van der Waals surface area (Å²) in [6.07, 6.45) is 3.53. The average molecular weight is 392 g/mol. The molecule has 5 heteroatoms. The van der Waals surface area contributed by atoms with Gasteiger partial charge in [0.05, 0.1) is 0 Å². The molecule has 1 aromatic rings.